The predicted octanol–water partition coefficient (Wildman–Crippen LogP) is 2.67. The average Bonchev–Trinajstić information content (AvgIpc) is 2.54. The van der Waals surface area contributed by atoms with Crippen LogP contribution in [0.4, 0.5) is 0 Å². The van der Waals surface area contributed by atoms with Crippen LogP contribution in [0.2, 0.25) is 0 Å². The third-order valence-electron chi connectivity index (χ3n) is 3.05. The zero-order chi connectivity index (χ0) is 16.2. The smallest absolute Gasteiger partial charge is 0.297 e. The lowest BCUT2D eigenvalue weighted by atomic mass is 10.1. The van der Waals surface area contributed by atoms with Gasteiger partial charge in [0.1, 0.15) is 11.9 Å². The van der Waals surface area contributed by atoms with Crippen molar-refractivity contribution >= 4 is 15.9 Å². The standard InChI is InChI=1S/C16H16O5S/c1-12(16(17)13-6-4-3-5-7-13)21-22(18,19)15-10-8-14(20-2)9-11-15/h3-12H,1-2H3. The van der Waals surface area contributed by atoms with E-state index in [1.165, 1.54) is 38.3 Å². The Morgan fingerprint density at radius 2 is 1.59 bits per heavy atom. The zero-order valence-electron chi connectivity index (χ0n) is 12.2. The molecule has 0 saturated carbocycles. The van der Waals surface area contributed by atoms with Crippen LogP contribution in [-0.2, 0) is 14.3 Å². The topological polar surface area (TPSA) is 69.7 Å². The average molecular weight is 320 g/mol. The second-order valence-electron chi connectivity index (χ2n) is 4.60. The molecule has 0 saturated heterocycles. The largest absolute Gasteiger partial charge is 0.497 e. The number of Topliss-reactive ketones (excluding diaryl/α,β-unsaturated/α-hetero) is 1. The molecule has 0 fully saturated rings. The van der Waals surface area contributed by atoms with E-state index in [9.17, 15) is 13.2 Å². The highest BCUT2D eigenvalue weighted by atomic mass is 32.2. The number of hydrogen-bond acceptors (Lipinski definition) is 5. The van der Waals surface area contributed by atoms with Gasteiger partial charge in [-0.25, -0.2) is 0 Å². The molecule has 0 heterocycles. The summed E-state index contributed by atoms with van der Waals surface area (Å²) in [6.45, 7) is 1.41. The number of rotatable bonds is 6. The second kappa shape index (κ2) is 6.72. The molecule has 0 aliphatic heterocycles. The highest BCUT2D eigenvalue weighted by Crippen LogP contribution is 2.19. The van der Waals surface area contributed by atoms with E-state index in [-0.39, 0.29) is 4.90 Å². The summed E-state index contributed by atoms with van der Waals surface area (Å²) < 4.78 is 34.3. The molecule has 1 unspecified atom stereocenters. The molecule has 1 atom stereocenters. The van der Waals surface area contributed by atoms with Gasteiger partial charge < -0.3 is 4.74 Å². The van der Waals surface area contributed by atoms with Crippen molar-refractivity contribution in [2.75, 3.05) is 7.11 Å². The minimum Gasteiger partial charge on any atom is -0.497 e. The van der Waals surface area contributed by atoms with Gasteiger partial charge in [-0.2, -0.15) is 8.42 Å². The van der Waals surface area contributed by atoms with Crippen molar-refractivity contribution in [3.63, 3.8) is 0 Å². The predicted molar refractivity (Wildman–Crippen MR) is 81.5 cm³/mol. The number of benzene rings is 2. The number of carbonyl (C=O) groups excluding carboxylic acids is 1. The van der Waals surface area contributed by atoms with Crippen LogP contribution in [0.1, 0.15) is 17.3 Å². The maximum atomic E-state index is 12.2. The second-order valence-corrected chi connectivity index (χ2v) is 6.17. The molecule has 0 amide bonds. The molecule has 0 bridgehead atoms. The van der Waals surface area contributed by atoms with Crippen LogP contribution in [0.3, 0.4) is 0 Å². The van der Waals surface area contributed by atoms with Crippen LogP contribution >= 0.6 is 0 Å². The van der Waals surface area contributed by atoms with Crippen molar-refractivity contribution in [1.29, 1.82) is 0 Å². The molecular weight excluding hydrogens is 304 g/mol. The van der Waals surface area contributed by atoms with Crippen molar-refractivity contribution in [2.45, 2.75) is 17.9 Å². The summed E-state index contributed by atoms with van der Waals surface area (Å²) in [5, 5.41) is 0. The Labute approximate surface area is 129 Å². The van der Waals surface area contributed by atoms with E-state index < -0.39 is 22.0 Å². The fourth-order valence-corrected chi connectivity index (χ4v) is 2.92. The van der Waals surface area contributed by atoms with E-state index in [2.05, 4.69) is 0 Å². The van der Waals surface area contributed by atoms with Gasteiger partial charge in [-0.05, 0) is 31.2 Å². The number of ketones is 1. The Morgan fingerprint density at radius 3 is 2.14 bits per heavy atom. The first-order chi connectivity index (χ1) is 10.4. The van der Waals surface area contributed by atoms with Crippen molar-refractivity contribution in [1.82, 2.24) is 0 Å². The number of methoxy groups -OCH3 is 1. The Morgan fingerprint density at radius 1 is 1.00 bits per heavy atom. The van der Waals surface area contributed by atoms with Crippen molar-refractivity contribution in [3.05, 3.63) is 60.2 Å². The maximum absolute atomic E-state index is 12.2. The van der Waals surface area contributed by atoms with E-state index in [4.69, 9.17) is 8.92 Å². The van der Waals surface area contributed by atoms with Gasteiger partial charge in [0.15, 0.2) is 5.78 Å². The van der Waals surface area contributed by atoms with Gasteiger partial charge in [-0.1, -0.05) is 30.3 Å². The van der Waals surface area contributed by atoms with Gasteiger partial charge in [0.25, 0.3) is 10.1 Å². The molecule has 0 radical (unpaired) electrons. The molecule has 0 aliphatic rings. The summed E-state index contributed by atoms with van der Waals surface area (Å²) in [4.78, 5) is 12.1. The summed E-state index contributed by atoms with van der Waals surface area (Å²) in [7, 11) is -2.53. The maximum Gasteiger partial charge on any atom is 0.297 e. The minimum atomic E-state index is -4.01. The van der Waals surface area contributed by atoms with E-state index in [1.807, 2.05) is 0 Å². The molecule has 5 nitrogen and oxygen atoms in total. The molecule has 0 aromatic heterocycles. The summed E-state index contributed by atoms with van der Waals surface area (Å²) >= 11 is 0. The molecule has 2 aromatic rings. The SMILES string of the molecule is COc1ccc(S(=O)(=O)OC(C)C(=O)c2ccccc2)cc1. The lowest BCUT2D eigenvalue weighted by Crippen LogP contribution is -2.24. The van der Waals surface area contributed by atoms with Crippen molar-refractivity contribution in [2.24, 2.45) is 0 Å². The molecule has 116 valence electrons. The summed E-state index contributed by atoms with van der Waals surface area (Å²) in [5.74, 6) is 0.144. The molecule has 0 aliphatic carbocycles. The third kappa shape index (κ3) is 3.72. The van der Waals surface area contributed by atoms with E-state index in [0.717, 1.165) is 0 Å². The fourth-order valence-electron chi connectivity index (χ4n) is 1.87. The molecule has 0 spiro atoms. The van der Waals surface area contributed by atoms with Crippen molar-refractivity contribution in [3.8, 4) is 5.75 Å². The van der Waals surface area contributed by atoms with Gasteiger partial charge in [-0.15, -0.1) is 0 Å². The first-order valence-corrected chi connectivity index (χ1v) is 8.01. The Hall–Kier alpha value is -2.18. The Kier molecular flexibility index (Phi) is 4.95. The molecule has 0 N–H and O–H groups in total. The molecule has 22 heavy (non-hydrogen) atoms. The lowest BCUT2D eigenvalue weighted by molar-refractivity contribution is 0.0826. The van der Waals surface area contributed by atoms with Crippen LogP contribution in [0.25, 0.3) is 0 Å². The van der Waals surface area contributed by atoms with Gasteiger partial charge in [0.2, 0.25) is 0 Å². The quantitative estimate of drug-likeness (QED) is 0.604. The lowest BCUT2D eigenvalue weighted by Gasteiger charge is -2.12. The van der Waals surface area contributed by atoms with Gasteiger partial charge >= 0.3 is 0 Å². The highest BCUT2D eigenvalue weighted by Gasteiger charge is 2.24. The summed E-state index contributed by atoms with van der Waals surface area (Å²) in [6, 6.07) is 14.2. The normalized spacial score (nSPS) is 12.6. The van der Waals surface area contributed by atoms with Crippen LogP contribution in [0.15, 0.2) is 59.5 Å². The van der Waals surface area contributed by atoms with Gasteiger partial charge in [-0.3, -0.25) is 8.98 Å². The number of carbonyl (C=O) groups is 1. The zero-order valence-corrected chi connectivity index (χ0v) is 13.0. The van der Waals surface area contributed by atoms with E-state index >= 15 is 0 Å². The van der Waals surface area contributed by atoms with Crippen molar-refractivity contribution < 1.29 is 22.1 Å². The number of hydrogen-bond donors (Lipinski definition) is 0. The first kappa shape index (κ1) is 16.2. The molecule has 6 heteroatoms. The molecule has 2 rings (SSSR count). The van der Waals surface area contributed by atoms with Crippen LogP contribution in [0.5, 0.6) is 5.75 Å². The van der Waals surface area contributed by atoms with E-state index in [0.29, 0.717) is 11.3 Å². The van der Waals surface area contributed by atoms with Gasteiger partial charge in [0, 0.05) is 5.56 Å². The van der Waals surface area contributed by atoms with Crippen LogP contribution in [-0.4, -0.2) is 27.4 Å². The minimum absolute atomic E-state index is 0.0268. The van der Waals surface area contributed by atoms with Gasteiger partial charge in [0.05, 0.1) is 12.0 Å². The third-order valence-corrected chi connectivity index (χ3v) is 4.44. The summed E-state index contributed by atoms with van der Waals surface area (Å²) in [6.07, 6.45) is -1.10. The Balaban J connectivity index is 2.15. The van der Waals surface area contributed by atoms with E-state index in [1.54, 1.807) is 30.3 Å². The molecule has 2 aromatic carbocycles. The van der Waals surface area contributed by atoms with Crippen LogP contribution < -0.4 is 4.74 Å². The summed E-state index contributed by atoms with van der Waals surface area (Å²) in [5.41, 5.74) is 0.403. The first-order valence-electron chi connectivity index (χ1n) is 6.60. The Bertz CT molecular complexity index is 736. The monoisotopic (exact) mass is 320 g/mol. The highest BCUT2D eigenvalue weighted by molar-refractivity contribution is 7.86. The number of ether oxygens (including phenoxy) is 1. The molecular formula is C16H16O5S. The fraction of sp³-hybridized carbons (Fsp3) is 0.188. The van der Waals surface area contributed by atoms with Crippen LogP contribution in [0, 0.1) is 0 Å².